The Morgan fingerprint density at radius 3 is 2.50 bits per heavy atom. The van der Waals surface area contributed by atoms with Gasteiger partial charge in [0, 0.05) is 11.6 Å². The van der Waals surface area contributed by atoms with Crippen LogP contribution in [0.5, 0.6) is 17.2 Å². The van der Waals surface area contributed by atoms with Gasteiger partial charge >= 0.3 is 6.29 Å². The third kappa shape index (κ3) is 1.45. The lowest BCUT2D eigenvalue weighted by molar-refractivity contribution is -0.286. The summed E-state index contributed by atoms with van der Waals surface area (Å²) in [6, 6.07) is 2.58. The summed E-state index contributed by atoms with van der Waals surface area (Å²) < 4.78 is 39.7. The van der Waals surface area contributed by atoms with Crippen LogP contribution in [0.4, 0.5) is 8.78 Å². The van der Waals surface area contributed by atoms with Crippen LogP contribution in [0.3, 0.4) is 0 Å². The van der Waals surface area contributed by atoms with Gasteiger partial charge < -0.3 is 14.2 Å². The van der Waals surface area contributed by atoms with Gasteiger partial charge in [-0.05, 0) is 24.6 Å². The second kappa shape index (κ2) is 3.26. The fraction of sp³-hybridized carbons (Fsp3) is 0.364. The number of carbonyl (C=O) groups excluding carboxylic acids is 1. The summed E-state index contributed by atoms with van der Waals surface area (Å²) in [5.74, 6) is 0.0463. The van der Waals surface area contributed by atoms with Crippen LogP contribution in [-0.4, -0.2) is 18.1 Å². The minimum atomic E-state index is -3.70. The van der Waals surface area contributed by atoms with E-state index in [1.165, 1.54) is 12.1 Å². The zero-order valence-electron chi connectivity index (χ0n) is 9.13. The summed E-state index contributed by atoms with van der Waals surface area (Å²) in [5.41, 5.74) is -0.643. The van der Waals surface area contributed by atoms with Crippen molar-refractivity contribution < 1.29 is 27.8 Å². The van der Waals surface area contributed by atoms with Crippen LogP contribution in [0, 0.1) is 0 Å². The molecule has 0 aromatic heterocycles. The quantitative estimate of drug-likeness (QED) is 0.739. The van der Waals surface area contributed by atoms with E-state index in [1.54, 1.807) is 6.92 Å². The molecule has 0 unspecified atom stereocenters. The molecule has 4 nitrogen and oxygen atoms in total. The standard InChI is InChI=1S/C11H7ClF2O4/c1-10(9(12)15)4-16-6-3-8-7(2-5(6)10)17-11(13,14)18-8/h2-3H,4H2,1H3/t10-/m0/s1. The van der Waals surface area contributed by atoms with Crippen molar-refractivity contribution in [2.24, 2.45) is 0 Å². The summed E-state index contributed by atoms with van der Waals surface area (Å²) in [5, 5.41) is -0.619. The molecule has 1 atom stereocenters. The Morgan fingerprint density at radius 2 is 1.89 bits per heavy atom. The minimum Gasteiger partial charge on any atom is -0.492 e. The fourth-order valence-corrected chi connectivity index (χ4v) is 2.15. The lowest BCUT2D eigenvalue weighted by Crippen LogP contribution is -2.30. The lowest BCUT2D eigenvalue weighted by Gasteiger charge is -2.16. The van der Waals surface area contributed by atoms with Crippen molar-refractivity contribution in [3.63, 3.8) is 0 Å². The molecule has 3 rings (SSSR count). The van der Waals surface area contributed by atoms with Gasteiger partial charge in [0.05, 0.1) is 0 Å². The maximum Gasteiger partial charge on any atom is 0.586 e. The number of benzene rings is 1. The predicted octanol–water partition coefficient (Wildman–Crippen LogP) is 2.42. The van der Waals surface area contributed by atoms with Gasteiger partial charge in [0.15, 0.2) is 11.5 Å². The monoisotopic (exact) mass is 276 g/mol. The van der Waals surface area contributed by atoms with Gasteiger partial charge in [-0.25, -0.2) is 0 Å². The van der Waals surface area contributed by atoms with Gasteiger partial charge in [-0.15, -0.1) is 8.78 Å². The van der Waals surface area contributed by atoms with E-state index < -0.39 is 17.0 Å². The highest BCUT2D eigenvalue weighted by molar-refractivity contribution is 6.65. The number of hydrogen-bond donors (Lipinski definition) is 0. The first kappa shape index (κ1) is 11.5. The normalized spacial score (nSPS) is 26.7. The van der Waals surface area contributed by atoms with Crippen LogP contribution in [-0.2, 0) is 10.2 Å². The molecule has 2 heterocycles. The van der Waals surface area contributed by atoms with Gasteiger partial charge in [-0.2, -0.15) is 0 Å². The zero-order chi connectivity index (χ0) is 13.1. The first-order chi connectivity index (χ1) is 8.32. The van der Waals surface area contributed by atoms with Crippen molar-refractivity contribution in [2.75, 3.05) is 6.61 Å². The first-order valence-electron chi connectivity index (χ1n) is 5.09. The molecule has 1 aromatic carbocycles. The average Bonchev–Trinajstić information content (AvgIpc) is 2.72. The minimum absolute atomic E-state index is 0.0595. The Balaban J connectivity index is 2.11. The summed E-state index contributed by atoms with van der Waals surface area (Å²) in [7, 11) is 0. The second-order valence-corrected chi connectivity index (χ2v) is 4.70. The second-order valence-electron chi connectivity index (χ2n) is 4.36. The third-order valence-electron chi connectivity index (χ3n) is 3.05. The number of halogens is 3. The molecule has 0 saturated carbocycles. The van der Waals surface area contributed by atoms with Gasteiger partial charge in [0.1, 0.15) is 17.8 Å². The highest BCUT2D eigenvalue weighted by Gasteiger charge is 2.48. The summed E-state index contributed by atoms with van der Waals surface area (Å²) in [4.78, 5) is 11.4. The van der Waals surface area contributed by atoms with Crippen molar-refractivity contribution in [3.05, 3.63) is 17.7 Å². The van der Waals surface area contributed by atoms with E-state index in [1.807, 2.05) is 0 Å². The third-order valence-corrected chi connectivity index (χ3v) is 3.47. The molecule has 96 valence electrons. The number of hydrogen-bond acceptors (Lipinski definition) is 4. The molecule has 7 heteroatoms. The Labute approximate surface area is 105 Å². The smallest absolute Gasteiger partial charge is 0.492 e. The number of ether oxygens (including phenoxy) is 3. The molecule has 0 amide bonds. The van der Waals surface area contributed by atoms with E-state index in [0.717, 1.165) is 0 Å². The molecule has 0 N–H and O–H groups in total. The van der Waals surface area contributed by atoms with E-state index in [-0.39, 0.29) is 18.1 Å². The summed E-state index contributed by atoms with van der Waals surface area (Å²) in [6.07, 6.45) is -3.70. The number of alkyl halides is 2. The highest BCUT2D eigenvalue weighted by Crippen LogP contribution is 2.50. The molecule has 0 bridgehead atoms. The van der Waals surface area contributed by atoms with Crippen molar-refractivity contribution in [3.8, 4) is 17.2 Å². The Kier molecular flexibility index (Phi) is 2.09. The Hall–Kier alpha value is -1.56. The van der Waals surface area contributed by atoms with E-state index in [0.29, 0.717) is 11.3 Å². The first-order valence-corrected chi connectivity index (χ1v) is 5.47. The van der Waals surface area contributed by atoms with E-state index in [4.69, 9.17) is 16.3 Å². The largest absolute Gasteiger partial charge is 0.586 e. The van der Waals surface area contributed by atoms with Gasteiger partial charge in [0.2, 0.25) is 5.24 Å². The maximum absolute atomic E-state index is 12.9. The van der Waals surface area contributed by atoms with Crippen molar-refractivity contribution in [1.82, 2.24) is 0 Å². The average molecular weight is 277 g/mol. The molecule has 0 saturated heterocycles. The molecule has 0 aliphatic carbocycles. The van der Waals surface area contributed by atoms with E-state index in [9.17, 15) is 13.6 Å². The SMILES string of the molecule is C[C@]1(C(=O)Cl)COc2cc3c(cc21)OC(F)(F)O3. The number of rotatable bonds is 1. The number of fused-ring (bicyclic) bond motifs is 2. The van der Waals surface area contributed by atoms with Crippen LogP contribution in [0.1, 0.15) is 12.5 Å². The molecule has 0 fully saturated rings. The molecular weight excluding hydrogens is 270 g/mol. The van der Waals surface area contributed by atoms with E-state index >= 15 is 0 Å². The van der Waals surface area contributed by atoms with Crippen molar-refractivity contribution in [2.45, 2.75) is 18.6 Å². The van der Waals surface area contributed by atoms with Crippen LogP contribution in [0.15, 0.2) is 12.1 Å². The van der Waals surface area contributed by atoms with Gasteiger partial charge in [-0.3, -0.25) is 4.79 Å². The molecule has 2 aliphatic heterocycles. The molecule has 18 heavy (non-hydrogen) atoms. The molecule has 2 aliphatic rings. The van der Waals surface area contributed by atoms with Crippen LogP contribution in [0.2, 0.25) is 0 Å². The highest BCUT2D eigenvalue weighted by atomic mass is 35.5. The van der Waals surface area contributed by atoms with Crippen LogP contribution in [0.25, 0.3) is 0 Å². The Morgan fingerprint density at radius 1 is 1.28 bits per heavy atom. The molecule has 0 spiro atoms. The van der Waals surface area contributed by atoms with Crippen molar-refractivity contribution >= 4 is 16.8 Å². The van der Waals surface area contributed by atoms with Gasteiger partial charge in [0.25, 0.3) is 0 Å². The van der Waals surface area contributed by atoms with Gasteiger partial charge in [-0.1, -0.05) is 0 Å². The van der Waals surface area contributed by atoms with Crippen LogP contribution >= 0.6 is 11.6 Å². The Bertz CT molecular complexity index is 560. The predicted molar refractivity (Wildman–Crippen MR) is 56.4 cm³/mol. The maximum atomic E-state index is 12.9. The molecular formula is C11H7ClF2O4. The topological polar surface area (TPSA) is 44.8 Å². The van der Waals surface area contributed by atoms with E-state index in [2.05, 4.69) is 9.47 Å². The summed E-state index contributed by atoms with van der Waals surface area (Å²) >= 11 is 5.52. The zero-order valence-corrected chi connectivity index (χ0v) is 9.88. The molecule has 1 aromatic rings. The lowest BCUT2D eigenvalue weighted by atomic mass is 9.86. The fourth-order valence-electron chi connectivity index (χ4n) is 1.99. The van der Waals surface area contributed by atoms with Crippen LogP contribution < -0.4 is 14.2 Å². The van der Waals surface area contributed by atoms with Crippen molar-refractivity contribution in [1.29, 1.82) is 0 Å². The molecule has 0 radical (unpaired) electrons. The summed E-state index contributed by atoms with van der Waals surface area (Å²) in [6.45, 7) is 1.64. The number of carbonyl (C=O) groups is 1.